The molecular formula is C44H64N11NiO14+2. The summed E-state index contributed by atoms with van der Waals surface area (Å²) in [7, 11) is 0. The van der Waals surface area contributed by atoms with Crippen molar-refractivity contribution in [2.24, 2.45) is 21.7 Å². The van der Waals surface area contributed by atoms with E-state index in [1.165, 1.54) is 0 Å². The van der Waals surface area contributed by atoms with Gasteiger partial charge >= 0.3 is 28.6 Å². The molecule has 26 heteroatoms. The van der Waals surface area contributed by atoms with Crippen molar-refractivity contribution in [3.05, 3.63) is 70.8 Å². The number of pyridine rings is 2. The summed E-state index contributed by atoms with van der Waals surface area (Å²) >= 11 is 0. The molecule has 25 nitrogen and oxygen atoms in total. The molecule has 4 saturated heterocycles. The molecule has 0 atom stereocenters. The predicted octanol–water partition coefficient (Wildman–Crippen LogP) is 2.22. The first-order valence-corrected chi connectivity index (χ1v) is 21.8. The Hall–Kier alpha value is -6.89. The molecule has 0 bridgehead atoms. The van der Waals surface area contributed by atoms with Gasteiger partial charge < -0.3 is 37.5 Å². The minimum absolute atomic E-state index is 0. The number of nitrogens with one attached hydrogen (secondary N) is 7. The predicted molar refractivity (Wildman–Crippen MR) is 247 cm³/mol. The number of hydrogen-bond acceptors (Lipinski definition) is 15. The van der Waals surface area contributed by atoms with Crippen LogP contribution in [0.4, 0.5) is 19.2 Å². The van der Waals surface area contributed by atoms with Gasteiger partial charge in [0.25, 0.3) is 0 Å². The molecule has 2 aromatic rings. The van der Waals surface area contributed by atoms with Crippen LogP contribution in [0.2, 0.25) is 0 Å². The summed E-state index contributed by atoms with van der Waals surface area (Å²) in [5, 5.41) is 22.2. The van der Waals surface area contributed by atoms with Gasteiger partial charge in [0.1, 0.15) is 10.8 Å². The quantitative estimate of drug-likeness (QED) is 0.0910. The number of barbiturate groups is 4. The van der Waals surface area contributed by atoms with E-state index in [1.807, 2.05) is 47.0 Å². The van der Waals surface area contributed by atoms with E-state index in [-0.39, 0.29) is 27.4 Å². The van der Waals surface area contributed by atoms with E-state index in [0.717, 1.165) is 24.5 Å². The topological polar surface area (TPSA) is 408 Å². The molecule has 0 aliphatic carbocycles. The Morgan fingerprint density at radius 1 is 0.429 bits per heavy atom. The Kier molecular flexibility index (Phi) is 27.8. The number of carbonyl (C=O) groups excluding carboxylic acids is 12. The van der Waals surface area contributed by atoms with Crippen LogP contribution >= 0.6 is 0 Å². The fourth-order valence-electron chi connectivity index (χ4n) is 7.10. The number of carbonyl (C=O) groups is 12. The molecular weight excluding hydrogens is 965 g/mol. The molecule has 4 aliphatic heterocycles. The van der Waals surface area contributed by atoms with Crippen molar-refractivity contribution in [3.63, 3.8) is 0 Å². The summed E-state index contributed by atoms with van der Waals surface area (Å²) in [5.41, 5.74) is -2.26. The molecule has 16 amide bonds. The van der Waals surface area contributed by atoms with E-state index < -0.39 is 93.0 Å². The minimum Gasteiger partial charge on any atom is -0.457 e. The van der Waals surface area contributed by atoms with Gasteiger partial charge in [-0.15, -0.1) is 0 Å². The molecule has 6 heterocycles. The van der Waals surface area contributed by atoms with Crippen LogP contribution in [0, 0.1) is 21.7 Å². The third kappa shape index (κ3) is 15.6. The summed E-state index contributed by atoms with van der Waals surface area (Å²) in [6, 6.07) is 8.66. The first-order valence-electron chi connectivity index (χ1n) is 21.8. The fourth-order valence-corrected chi connectivity index (χ4v) is 7.10. The monoisotopic (exact) mass is 1030 g/mol. The van der Waals surface area contributed by atoms with Gasteiger partial charge in [0.15, 0.2) is 35.7 Å². The van der Waals surface area contributed by atoms with Crippen molar-refractivity contribution in [1.29, 1.82) is 0 Å². The molecule has 0 unspecified atom stereocenters. The zero-order valence-electron chi connectivity index (χ0n) is 40.3. The summed E-state index contributed by atoms with van der Waals surface area (Å²) < 4.78 is 0. The van der Waals surface area contributed by atoms with Gasteiger partial charge in [0.05, 0.1) is 22.2 Å². The Labute approximate surface area is 414 Å². The van der Waals surface area contributed by atoms with Crippen molar-refractivity contribution < 1.29 is 85.0 Å². The van der Waals surface area contributed by atoms with E-state index in [4.69, 9.17) is 0 Å². The van der Waals surface area contributed by atoms with E-state index in [0.29, 0.717) is 51.4 Å². The number of aromatic nitrogens is 2. The van der Waals surface area contributed by atoms with Crippen molar-refractivity contribution in [3.8, 4) is 0 Å². The normalized spacial score (nSPS) is 17.7. The summed E-state index contributed by atoms with van der Waals surface area (Å²) in [4.78, 5) is 142. The zero-order chi connectivity index (χ0) is 50.6. The van der Waals surface area contributed by atoms with Crippen LogP contribution in [-0.2, 0) is 73.4 Å². The van der Waals surface area contributed by atoms with Gasteiger partial charge in [-0.05, 0) is 75.6 Å². The standard InChI is InChI=1S/C12H13N3.4C8H12N2O3.Ni.2H2O/c1-3-7-14-11(5-1)9-13-10-12-6-2-4-8-15-12;4*1-3-8(4-2)5(11)9-7(13)10-6(8)12;;;/h1-8,13H,9-10H2;4*3-4H2,1-2H3,(H2,9,10,11,12,13);;2*1H2/q;;;;;+3;;/p-1. The van der Waals surface area contributed by atoms with Crippen LogP contribution in [0.1, 0.15) is 118 Å². The van der Waals surface area contributed by atoms with Crippen LogP contribution < -0.4 is 37.2 Å². The second kappa shape index (κ2) is 29.9. The number of imide groups is 8. The van der Waals surface area contributed by atoms with Crippen LogP contribution in [0.3, 0.4) is 0 Å². The Morgan fingerprint density at radius 2 is 0.686 bits per heavy atom. The summed E-state index contributed by atoms with van der Waals surface area (Å²) in [6.07, 6.45) is 6.66. The molecule has 6 rings (SSSR count). The van der Waals surface area contributed by atoms with Gasteiger partial charge in [-0.3, -0.25) is 79.2 Å². The Morgan fingerprint density at radius 3 is 0.900 bits per heavy atom. The Balaban J connectivity index is 0. The van der Waals surface area contributed by atoms with E-state index in [1.54, 1.807) is 67.8 Å². The molecule has 70 heavy (non-hydrogen) atoms. The largest absolute Gasteiger partial charge is 3.00 e. The molecule has 12 N–H and O–H groups in total. The minimum atomic E-state index is -1.12. The number of urea groups is 4. The molecule has 4 aliphatic rings. The second-order valence-corrected chi connectivity index (χ2v) is 15.2. The maximum absolute atomic E-state index is 11.4. The SMILES string of the molecule is CCC1(CC)C(=O)NC(=O)NC1=O.CCC1(CC)C(=O)NC(=O)NC1=O.CCC1(CC)C(=O)[N-]C(=O)NC1=O.CCC1(CC)C(=O)[N-]C(=O)NC1=O.O.[Ni+3].[OH3+].c1ccc(CNCc2ccccn2)nc1. The van der Waals surface area contributed by atoms with E-state index >= 15 is 0 Å². The molecule has 0 spiro atoms. The van der Waals surface area contributed by atoms with E-state index in [2.05, 4.69) is 47.2 Å². The number of amides is 16. The van der Waals surface area contributed by atoms with Gasteiger partial charge in [-0.1, -0.05) is 67.5 Å². The maximum Gasteiger partial charge on any atom is 3.00 e. The van der Waals surface area contributed by atoms with Crippen molar-refractivity contribution in [2.45, 2.75) is 120 Å². The van der Waals surface area contributed by atoms with E-state index in [9.17, 15) is 57.5 Å². The van der Waals surface area contributed by atoms with Crippen LogP contribution in [0.15, 0.2) is 48.8 Å². The smallest absolute Gasteiger partial charge is 0.457 e. The second-order valence-electron chi connectivity index (χ2n) is 15.2. The van der Waals surface area contributed by atoms with Crippen LogP contribution in [-0.4, -0.2) is 86.8 Å². The molecule has 0 aromatic carbocycles. The number of nitrogens with zero attached hydrogens (tertiary/aromatic N) is 4. The Bertz CT molecular complexity index is 1830. The van der Waals surface area contributed by atoms with Gasteiger partial charge in [0.2, 0.25) is 23.6 Å². The summed E-state index contributed by atoms with van der Waals surface area (Å²) in [5.74, 6) is -4.27. The average Bonchev–Trinajstić information content (AvgIpc) is 3.29. The van der Waals surface area contributed by atoms with Crippen molar-refractivity contribution in [1.82, 2.24) is 47.2 Å². The van der Waals surface area contributed by atoms with Crippen molar-refractivity contribution >= 4 is 71.4 Å². The fraction of sp³-hybridized carbons (Fsp3) is 0.500. The van der Waals surface area contributed by atoms with Gasteiger partial charge in [-0.2, -0.15) is 0 Å². The zero-order valence-corrected chi connectivity index (χ0v) is 41.3. The van der Waals surface area contributed by atoms with Crippen LogP contribution in [0.5, 0.6) is 0 Å². The maximum atomic E-state index is 11.4. The van der Waals surface area contributed by atoms with Crippen molar-refractivity contribution in [2.75, 3.05) is 0 Å². The summed E-state index contributed by atoms with van der Waals surface area (Å²) in [6.45, 7) is 15.5. The molecule has 1 radical (unpaired) electrons. The third-order valence-corrected chi connectivity index (χ3v) is 12.1. The number of hydrogen-bond donors (Lipinski definition) is 7. The molecule has 4 fully saturated rings. The average molecular weight is 1030 g/mol. The molecule has 0 saturated carbocycles. The van der Waals surface area contributed by atoms with Gasteiger partial charge in [-0.25, -0.2) is 9.59 Å². The van der Waals surface area contributed by atoms with Crippen LogP contribution in [0.25, 0.3) is 10.6 Å². The molecule has 387 valence electrons. The van der Waals surface area contributed by atoms with Gasteiger partial charge in [0, 0.05) is 25.5 Å². The third-order valence-electron chi connectivity index (χ3n) is 12.1. The first kappa shape index (κ1) is 65.2. The number of rotatable bonds is 12. The molecule has 2 aromatic heterocycles. The first-order chi connectivity index (χ1) is 31.7.